The van der Waals surface area contributed by atoms with Crippen LogP contribution in [0.3, 0.4) is 0 Å². The van der Waals surface area contributed by atoms with Crippen molar-refractivity contribution in [1.82, 2.24) is 10.3 Å². The topological polar surface area (TPSA) is 119 Å². The number of carbonyl (C=O) groups is 1. The number of nitrogens with one attached hydrogen (secondary N) is 1. The van der Waals surface area contributed by atoms with Gasteiger partial charge in [-0.3, -0.25) is 0 Å². The summed E-state index contributed by atoms with van der Waals surface area (Å²) in [6, 6.07) is 12.6. The summed E-state index contributed by atoms with van der Waals surface area (Å²) in [7, 11) is -7.55. The lowest BCUT2D eigenvalue weighted by Gasteiger charge is -2.19. The van der Waals surface area contributed by atoms with Gasteiger partial charge in [-0.1, -0.05) is 30.3 Å². The van der Waals surface area contributed by atoms with E-state index in [1.165, 1.54) is 24.4 Å². The summed E-state index contributed by atoms with van der Waals surface area (Å²) < 4.78 is 56.1. The lowest BCUT2D eigenvalue weighted by atomic mass is 10.1. The molecule has 1 N–H and O–H groups in total. The monoisotopic (exact) mass is 508 g/mol. The Morgan fingerprint density at radius 3 is 2.33 bits per heavy atom. The molecule has 33 heavy (non-hydrogen) atoms. The molecular weight excluding hydrogens is 484 g/mol. The maximum absolute atomic E-state index is 13.4. The van der Waals surface area contributed by atoms with Crippen LogP contribution in [0.4, 0.5) is 4.79 Å². The zero-order valence-electron chi connectivity index (χ0n) is 18.5. The van der Waals surface area contributed by atoms with Gasteiger partial charge in [0.25, 0.3) is 0 Å². The number of hydrogen-bond donors (Lipinski definition) is 1. The fourth-order valence-corrected chi connectivity index (χ4v) is 6.24. The van der Waals surface area contributed by atoms with E-state index in [0.29, 0.717) is 10.6 Å². The standard InChI is InChI=1S/C22H24N2O6S3/c1-22(2,3)30-21(25)24-13-19-23-14-20(31-19)33(28,29)18-11-10-16(32(4,26)27)12-17(18)15-8-6-5-7-9-15/h5-12,14H,13H2,1-4H3,(H,24,25). The smallest absolute Gasteiger partial charge is 0.408 e. The number of alkyl carbamates (subject to hydrolysis) is 1. The number of ether oxygens (including phenoxy) is 1. The predicted octanol–water partition coefficient (Wildman–Crippen LogP) is 4.07. The van der Waals surface area contributed by atoms with Crippen molar-refractivity contribution in [2.45, 2.75) is 46.9 Å². The van der Waals surface area contributed by atoms with Crippen LogP contribution in [0, 0.1) is 0 Å². The number of carbonyl (C=O) groups excluding carboxylic acids is 1. The largest absolute Gasteiger partial charge is 0.444 e. The van der Waals surface area contributed by atoms with E-state index in [1.54, 1.807) is 51.1 Å². The molecule has 0 unspecified atom stereocenters. The molecule has 2 aromatic carbocycles. The summed E-state index contributed by atoms with van der Waals surface area (Å²) in [6.45, 7) is 5.22. The molecule has 0 atom stereocenters. The van der Waals surface area contributed by atoms with Crippen molar-refractivity contribution in [3.05, 3.63) is 59.7 Å². The summed E-state index contributed by atoms with van der Waals surface area (Å²) in [5.74, 6) is 0. The molecule has 0 radical (unpaired) electrons. The zero-order chi connectivity index (χ0) is 24.4. The number of hydrogen-bond acceptors (Lipinski definition) is 8. The first-order valence-electron chi connectivity index (χ1n) is 9.83. The Hall–Kier alpha value is -2.76. The van der Waals surface area contributed by atoms with Crippen LogP contribution in [-0.4, -0.2) is 39.8 Å². The van der Waals surface area contributed by atoms with Gasteiger partial charge in [0.05, 0.1) is 22.5 Å². The predicted molar refractivity (Wildman–Crippen MR) is 126 cm³/mol. The molecule has 3 aromatic rings. The van der Waals surface area contributed by atoms with Crippen molar-refractivity contribution < 1.29 is 26.4 Å². The maximum Gasteiger partial charge on any atom is 0.408 e. The van der Waals surface area contributed by atoms with Gasteiger partial charge in [0.1, 0.15) is 14.8 Å². The fraction of sp³-hybridized carbons (Fsp3) is 0.273. The first-order chi connectivity index (χ1) is 15.3. The zero-order valence-corrected chi connectivity index (χ0v) is 21.0. The number of rotatable bonds is 6. The second kappa shape index (κ2) is 9.24. The van der Waals surface area contributed by atoms with E-state index in [2.05, 4.69) is 10.3 Å². The third-order valence-electron chi connectivity index (χ3n) is 4.33. The fourth-order valence-electron chi connectivity index (χ4n) is 2.89. The van der Waals surface area contributed by atoms with Crippen LogP contribution >= 0.6 is 11.3 Å². The average Bonchev–Trinajstić information content (AvgIpc) is 3.21. The van der Waals surface area contributed by atoms with Crippen molar-refractivity contribution in [2.24, 2.45) is 0 Å². The Morgan fingerprint density at radius 2 is 1.73 bits per heavy atom. The second-order valence-electron chi connectivity index (χ2n) is 8.23. The van der Waals surface area contributed by atoms with Gasteiger partial charge in [-0.2, -0.15) is 0 Å². The summed E-state index contributed by atoms with van der Waals surface area (Å²) >= 11 is 0.921. The molecule has 0 saturated carbocycles. The van der Waals surface area contributed by atoms with Gasteiger partial charge in [0.2, 0.25) is 9.84 Å². The number of aromatic nitrogens is 1. The van der Waals surface area contributed by atoms with Crippen molar-refractivity contribution >= 4 is 37.1 Å². The molecule has 1 heterocycles. The molecule has 11 heteroatoms. The van der Waals surface area contributed by atoms with Gasteiger partial charge in [-0.15, -0.1) is 11.3 Å². The third-order valence-corrected chi connectivity index (χ3v) is 8.71. The quantitative estimate of drug-likeness (QED) is 0.533. The first kappa shape index (κ1) is 24.9. The van der Waals surface area contributed by atoms with Crippen LogP contribution in [0.5, 0.6) is 0 Å². The summed E-state index contributed by atoms with van der Waals surface area (Å²) in [4.78, 5) is 15.9. The van der Waals surface area contributed by atoms with Crippen LogP contribution in [0.15, 0.2) is 68.7 Å². The minimum Gasteiger partial charge on any atom is -0.444 e. The molecule has 1 amide bonds. The lowest BCUT2D eigenvalue weighted by molar-refractivity contribution is 0.0523. The van der Waals surface area contributed by atoms with Gasteiger partial charge in [0, 0.05) is 11.8 Å². The Bertz CT molecular complexity index is 1370. The van der Waals surface area contributed by atoms with Crippen molar-refractivity contribution in [1.29, 1.82) is 0 Å². The van der Waals surface area contributed by atoms with Gasteiger partial charge in [0.15, 0.2) is 9.84 Å². The normalized spacial score (nSPS) is 12.4. The molecule has 0 aliphatic rings. The minimum atomic E-state index is -4.01. The highest BCUT2D eigenvalue weighted by molar-refractivity contribution is 7.93. The molecule has 0 aliphatic heterocycles. The van der Waals surface area contributed by atoms with E-state index >= 15 is 0 Å². The molecular formula is C22H24N2O6S3. The van der Waals surface area contributed by atoms with E-state index in [-0.39, 0.29) is 26.1 Å². The maximum atomic E-state index is 13.4. The van der Waals surface area contributed by atoms with Crippen LogP contribution in [0.1, 0.15) is 25.8 Å². The van der Waals surface area contributed by atoms with E-state index in [0.717, 1.165) is 17.6 Å². The molecule has 0 fully saturated rings. The highest BCUT2D eigenvalue weighted by atomic mass is 32.2. The molecule has 3 rings (SSSR count). The van der Waals surface area contributed by atoms with E-state index in [1.807, 2.05) is 0 Å². The SMILES string of the molecule is CC(C)(C)OC(=O)NCc1ncc(S(=O)(=O)c2ccc(S(C)(=O)=O)cc2-c2ccccc2)s1. The van der Waals surface area contributed by atoms with Crippen LogP contribution in [0.2, 0.25) is 0 Å². The Morgan fingerprint density at radius 1 is 1.06 bits per heavy atom. The molecule has 8 nitrogen and oxygen atoms in total. The van der Waals surface area contributed by atoms with Crippen molar-refractivity contribution in [3.63, 3.8) is 0 Å². The van der Waals surface area contributed by atoms with Crippen molar-refractivity contribution in [2.75, 3.05) is 6.26 Å². The summed E-state index contributed by atoms with van der Waals surface area (Å²) in [5.41, 5.74) is 0.186. The van der Waals surface area contributed by atoms with Gasteiger partial charge in [-0.05, 0) is 44.5 Å². The second-order valence-corrected chi connectivity index (χ2v) is 13.5. The lowest BCUT2D eigenvalue weighted by Crippen LogP contribution is -2.32. The molecule has 0 saturated heterocycles. The first-order valence-corrected chi connectivity index (χ1v) is 14.0. The molecule has 1 aromatic heterocycles. The third kappa shape index (κ3) is 6.18. The van der Waals surface area contributed by atoms with Crippen molar-refractivity contribution in [3.8, 4) is 11.1 Å². The summed E-state index contributed by atoms with van der Waals surface area (Å²) in [6.07, 6.45) is 1.66. The highest BCUT2D eigenvalue weighted by Gasteiger charge is 2.26. The highest BCUT2D eigenvalue weighted by Crippen LogP contribution is 2.35. The van der Waals surface area contributed by atoms with Crippen LogP contribution < -0.4 is 5.32 Å². The van der Waals surface area contributed by atoms with E-state index in [9.17, 15) is 21.6 Å². The van der Waals surface area contributed by atoms with E-state index < -0.39 is 31.4 Å². The average molecular weight is 509 g/mol. The van der Waals surface area contributed by atoms with Gasteiger partial charge >= 0.3 is 6.09 Å². The number of amides is 1. The summed E-state index contributed by atoms with van der Waals surface area (Å²) in [5, 5.41) is 2.93. The Balaban J connectivity index is 1.96. The van der Waals surface area contributed by atoms with Crippen LogP contribution in [-0.2, 0) is 31.0 Å². The molecule has 0 aliphatic carbocycles. The molecule has 0 spiro atoms. The number of benzene rings is 2. The minimum absolute atomic E-state index is 0.00760. The van der Waals surface area contributed by atoms with Gasteiger partial charge < -0.3 is 10.1 Å². The van der Waals surface area contributed by atoms with E-state index in [4.69, 9.17) is 4.74 Å². The van der Waals surface area contributed by atoms with Gasteiger partial charge in [-0.25, -0.2) is 26.6 Å². The molecule has 176 valence electrons. The Labute approximate surface area is 197 Å². The number of nitrogens with zero attached hydrogens (tertiary/aromatic N) is 1. The number of thiazole rings is 1. The van der Waals surface area contributed by atoms with Crippen LogP contribution in [0.25, 0.3) is 11.1 Å². The Kier molecular flexibility index (Phi) is 6.96. The molecule has 0 bridgehead atoms. The number of sulfone groups is 2.